The second kappa shape index (κ2) is 9.76. The summed E-state index contributed by atoms with van der Waals surface area (Å²) < 4.78 is 42.5. The van der Waals surface area contributed by atoms with Crippen molar-refractivity contribution in [2.45, 2.75) is 102 Å². The van der Waals surface area contributed by atoms with Crippen LogP contribution in [0.2, 0.25) is 0 Å². The van der Waals surface area contributed by atoms with Gasteiger partial charge in [-0.1, -0.05) is 17.7 Å². The van der Waals surface area contributed by atoms with Crippen LogP contribution in [-0.4, -0.2) is 60.7 Å². The molecule has 192 valence electrons. The number of nitrogens with zero attached hydrogens (tertiary/aromatic N) is 1. The highest BCUT2D eigenvalue weighted by molar-refractivity contribution is 7.86. The molecule has 1 aliphatic carbocycles. The fourth-order valence-corrected chi connectivity index (χ4v) is 5.19. The second-order valence-corrected chi connectivity index (χ2v) is 12.8. The molecule has 1 aliphatic heterocycles. The predicted molar refractivity (Wildman–Crippen MR) is 128 cm³/mol. The van der Waals surface area contributed by atoms with Gasteiger partial charge in [0.1, 0.15) is 11.3 Å². The molecule has 0 radical (unpaired) electrons. The zero-order valence-electron chi connectivity index (χ0n) is 21.2. The molecule has 0 bridgehead atoms. The van der Waals surface area contributed by atoms with Crippen molar-refractivity contribution < 1.29 is 32.0 Å². The van der Waals surface area contributed by atoms with Crippen LogP contribution < -0.4 is 0 Å². The Morgan fingerprint density at radius 1 is 1.24 bits per heavy atom. The zero-order chi connectivity index (χ0) is 25.4. The fraction of sp³-hybridized carbons (Fsp3) is 0.720. The maximum absolute atomic E-state index is 13.0. The van der Waals surface area contributed by atoms with E-state index in [4.69, 9.17) is 13.7 Å². The van der Waals surface area contributed by atoms with Crippen molar-refractivity contribution in [1.29, 1.82) is 0 Å². The summed E-state index contributed by atoms with van der Waals surface area (Å²) in [6, 6.07) is 6.23. The van der Waals surface area contributed by atoms with E-state index in [-0.39, 0.29) is 23.5 Å². The predicted octanol–water partition coefficient (Wildman–Crippen LogP) is 4.38. The van der Waals surface area contributed by atoms with Gasteiger partial charge >= 0.3 is 6.09 Å². The molecule has 3 rings (SSSR count). The highest BCUT2D eigenvalue weighted by Gasteiger charge is 2.47. The third-order valence-electron chi connectivity index (χ3n) is 6.38. The van der Waals surface area contributed by atoms with Crippen LogP contribution in [0.4, 0.5) is 4.79 Å². The van der Waals surface area contributed by atoms with Crippen LogP contribution in [0, 0.1) is 12.8 Å². The van der Waals surface area contributed by atoms with Gasteiger partial charge in [-0.2, -0.15) is 8.42 Å². The van der Waals surface area contributed by atoms with E-state index in [9.17, 15) is 18.3 Å². The Kier molecular flexibility index (Phi) is 7.73. The van der Waals surface area contributed by atoms with E-state index in [0.29, 0.717) is 25.9 Å². The first-order chi connectivity index (χ1) is 15.6. The number of hydrogen-bond donors (Lipinski definition) is 1. The van der Waals surface area contributed by atoms with Crippen molar-refractivity contribution >= 4 is 16.2 Å². The van der Waals surface area contributed by atoms with E-state index in [0.717, 1.165) is 18.4 Å². The largest absolute Gasteiger partial charge is 0.444 e. The van der Waals surface area contributed by atoms with Gasteiger partial charge in [0.2, 0.25) is 0 Å². The van der Waals surface area contributed by atoms with Crippen molar-refractivity contribution in [3.8, 4) is 0 Å². The van der Waals surface area contributed by atoms with Gasteiger partial charge in [-0.05, 0) is 91.7 Å². The Labute approximate surface area is 203 Å². The lowest BCUT2D eigenvalue weighted by atomic mass is 9.93. The normalized spacial score (nSPS) is 22.4. The smallest absolute Gasteiger partial charge is 0.412 e. The first-order valence-electron chi connectivity index (χ1n) is 12.0. The number of benzene rings is 1. The SMILES string of the molecule is Cc1ccc(S(=O)(=O)OC[C@@H](CCC2(O)CC2)CC2COC(C)(C)N2C(=O)OC(C)(C)C)cc1. The summed E-state index contributed by atoms with van der Waals surface area (Å²) >= 11 is 0. The molecule has 1 N–H and O–H groups in total. The number of hydrogen-bond acceptors (Lipinski definition) is 7. The van der Waals surface area contributed by atoms with Gasteiger partial charge < -0.3 is 14.6 Å². The van der Waals surface area contributed by atoms with Gasteiger partial charge in [0.05, 0.1) is 29.8 Å². The monoisotopic (exact) mass is 497 g/mol. The lowest BCUT2D eigenvalue weighted by Crippen LogP contribution is -2.50. The van der Waals surface area contributed by atoms with Crippen LogP contribution in [0.15, 0.2) is 29.2 Å². The Morgan fingerprint density at radius 2 is 1.85 bits per heavy atom. The average Bonchev–Trinajstić information content (AvgIpc) is 3.36. The highest BCUT2D eigenvalue weighted by Crippen LogP contribution is 2.41. The van der Waals surface area contributed by atoms with Crippen LogP contribution in [0.25, 0.3) is 0 Å². The van der Waals surface area contributed by atoms with Crippen LogP contribution in [0.3, 0.4) is 0 Å². The summed E-state index contributed by atoms with van der Waals surface area (Å²) in [7, 11) is -3.92. The average molecular weight is 498 g/mol. The summed E-state index contributed by atoms with van der Waals surface area (Å²) in [5.41, 5.74) is -1.20. The summed E-state index contributed by atoms with van der Waals surface area (Å²) in [6.07, 6.45) is 2.67. The van der Waals surface area contributed by atoms with Gasteiger partial charge in [-0.25, -0.2) is 4.79 Å². The molecular weight excluding hydrogens is 458 g/mol. The van der Waals surface area contributed by atoms with E-state index < -0.39 is 33.1 Å². The topological polar surface area (TPSA) is 102 Å². The minimum atomic E-state index is -3.92. The first kappa shape index (κ1) is 26.9. The molecule has 1 unspecified atom stereocenters. The van der Waals surface area contributed by atoms with Crippen LogP contribution in [0.5, 0.6) is 0 Å². The molecular formula is C25H39NO7S. The van der Waals surface area contributed by atoms with Crippen LogP contribution in [-0.2, 0) is 23.8 Å². The number of rotatable bonds is 9. The third kappa shape index (κ3) is 7.16. The standard InChI is InChI=1S/C25H39NO7S/c1-18-7-9-21(10-8-18)34(29,30)32-16-19(11-12-25(28)13-14-25)15-20-17-31-24(5,6)26(20)22(27)33-23(2,3)4/h7-10,19-20,28H,11-17H2,1-6H3/t19-,20?/m0/s1. The summed E-state index contributed by atoms with van der Waals surface area (Å²) in [6.45, 7) is 11.2. The molecule has 1 saturated carbocycles. The van der Waals surface area contributed by atoms with E-state index in [1.54, 1.807) is 17.0 Å². The van der Waals surface area contributed by atoms with Crippen molar-refractivity contribution in [2.24, 2.45) is 5.92 Å². The maximum atomic E-state index is 13.0. The number of carbonyl (C=O) groups excluding carboxylic acids is 1. The second-order valence-electron chi connectivity index (χ2n) is 11.2. The lowest BCUT2D eigenvalue weighted by molar-refractivity contribution is -0.0633. The molecule has 1 saturated heterocycles. The minimum absolute atomic E-state index is 0.0363. The molecule has 2 aliphatic rings. The van der Waals surface area contributed by atoms with Gasteiger partial charge in [0.25, 0.3) is 10.1 Å². The molecule has 34 heavy (non-hydrogen) atoms. The van der Waals surface area contributed by atoms with E-state index in [1.165, 1.54) is 12.1 Å². The lowest BCUT2D eigenvalue weighted by Gasteiger charge is -2.36. The molecule has 1 amide bonds. The molecule has 8 nitrogen and oxygen atoms in total. The number of ether oxygens (including phenoxy) is 2. The Bertz CT molecular complexity index is 962. The van der Waals surface area contributed by atoms with E-state index >= 15 is 0 Å². The van der Waals surface area contributed by atoms with Gasteiger partial charge in [-0.3, -0.25) is 9.08 Å². The molecule has 2 fully saturated rings. The quantitative estimate of drug-likeness (QED) is 0.505. The first-order valence-corrected chi connectivity index (χ1v) is 13.4. The molecule has 0 aromatic heterocycles. The van der Waals surface area contributed by atoms with E-state index in [2.05, 4.69) is 0 Å². The number of carbonyl (C=O) groups is 1. The zero-order valence-corrected chi connectivity index (χ0v) is 22.0. The summed E-state index contributed by atoms with van der Waals surface area (Å²) in [5.74, 6) is -0.197. The maximum Gasteiger partial charge on any atom is 0.412 e. The van der Waals surface area contributed by atoms with E-state index in [1.807, 2.05) is 41.5 Å². The minimum Gasteiger partial charge on any atom is -0.444 e. The highest BCUT2D eigenvalue weighted by atomic mass is 32.2. The third-order valence-corrected chi connectivity index (χ3v) is 7.68. The van der Waals surface area contributed by atoms with Gasteiger partial charge in [0, 0.05) is 0 Å². The number of amides is 1. The molecule has 1 heterocycles. The Hall–Kier alpha value is -1.68. The summed E-state index contributed by atoms with van der Waals surface area (Å²) in [5, 5.41) is 10.4. The number of aliphatic hydroxyl groups is 1. The molecule has 1 aromatic carbocycles. The van der Waals surface area contributed by atoms with Gasteiger partial charge in [0.15, 0.2) is 0 Å². The fourth-order valence-electron chi connectivity index (χ4n) is 4.22. The van der Waals surface area contributed by atoms with Gasteiger partial charge in [-0.15, -0.1) is 0 Å². The van der Waals surface area contributed by atoms with Crippen molar-refractivity contribution in [1.82, 2.24) is 4.90 Å². The molecule has 0 spiro atoms. The van der Waals surface area contributed by atoms with Crippen LogP contribution in [0.1, 0.15) is 72.3 Å². The summed E-state index contributed by atoms with van der Waals surface area (Å²) in [4.78, 5) is 14.7. The molecule has 9 heteroatoms. The van der Waals surface area contributed by atoms with Crippen molar-refractivity contribution in [3.05, 3.63) is 29.8 Å². The number of aryl methyl sites for hydroxylation is 1. The Balaban J connectivity index is 1.73. The van der Waals surface area contributed by atoms with Crippen LogP contribution >= 0.6 is 0 Å². The molecule has 2 atom stereocenters. The Morgan fingerprint density at radius 3 is 2.41 bits per heavy atom. The van der Waals surface area contributed by atoms with Crippen molar-refractivity contribution in [2.75, 3.05) is 13.2 Å². The van der Waals surface area contributed by atoms with Crippen molar-refractivity contribution in [3.63, 3.8) is 0 Å². The molecule has 1 aromatic rings.